The number of nitrogens with zero attached hydrogens (tertiary/aromatic N) is 2. The van der Waals surface area contributed by atoms with Crippen molar-refractivity contribution in [2.45, 2.75) is 11.4 Å². The summed E-state index contributed by atoms with van der Waals surface area (Å²) >= 11 is 1.53. The number of halogens is 1. The Kier molecular flexibility index (Phi) is 7.55. The molecule has 0 aliphatic heterocycles. The number of anilines is 2. The Morgan fingerprint density at radius 1 is 0.969 bits per heavy atom. The number of carbonyl (C=O) groups excluding carboxylic acids is 1. The molecule has 0 spiro atoms. The summed E-state index contributed by atoms with van der Waals surface area (Å²) in [5.41, 5.74) is 1.71. The van der Waals surface area contributed by atoms with E-state index in [-0.39, 0.29) is 18.1 Å². The second kappa shape index (κ2) is 10.2. The third-order valence-electron chi connectivity index (χ3n) is 4.76. The van der Waals surface area contributed by atoms with E-state index in [0.29, 0.717) is 11.1 Å². The number of rotatable bonds is 8. The molecule has 3 aromatic rings. The molecule has 0 saturated heterocycles. The van der Waals surface area contributed by atoms with E-state index in [9.17, 15) is 17.6 Å². The quantitative estimate of drug-likeness (QED) is 0.485. The lowest BCUT2D eigenvalue weighted by Gasteiger charge is -2.27. The Bertz CT molecular complexity index is 1200. The maximum atomic E-state index is 14.4. The maximum absolute atomic E-state index is 14.4. The fraction of sp³-hybridized carbons (Fsp3) is 0.174. The second-order valence-corrected chi connectivity index (χ2v) is 10.0. The minimum atomic E-state index is -3.94. The van der Waals surface area contributed by atoms with Gasteiger partial charge in [0, 0.05) is 24.6 Å². The van der Waals surface area contributed by atoms with Gasteiger partial charge < -0.3 is 5.32 Å². The molecule has 0 aliphatic rings. The summed E-state index contributed by atoms with van der Waals surface area (Å²) in [6, 6.07) is 19.8. The number of carbonyl (C=O) groups is 1. The van der Waals surface area contributed by atoms with Gasteiger partial charge in [-0.05, 0) is 48.2 Å². The number of hydrogen-bond acceptors (Lipinski definition) is 4. The van der Waals surface area contributed by atoms with Crippen LogP contribution in [-0.4, -0.2) is 39.0 Å². The molecular formula is C23H24FN3O3S2. The van der Waals surface area contributed by atoms with Gasteiger partial charge in [-0.25, -0.2) is 4.39 Å². The van der Waals surface area contributed by atoms with E-state index in [0.717, 1.165) is 19.2 Å². The average Bonchev–Trinajstić information content (AvgIpc) is 2.78. The first-order chi connectivity index (χ1) is 15.2. The summed E-state index contributed by atoms with van der Waals surface area (Å²) in [6.45, 7) is -0.0847. The van der Waals surface area contributed by atoms with Crippen LogP contribution in [0.4, 0.5) is 15.8 Å². The van der Waals surface area contributed by atoms with Gasteiger partial charge in [0.1, 0.15) is 5.82 Å². The van der Waals surface area contributed by atoms with E-state index in [1.807, 2.05) is 30.5 Å². The second-order valence-electron chi connectivity index (χ2n) is 7.10. The van der Waals surface area contributed by atoms with E-state index >= 15 is 0 Å². The van der Waals surface area contributed by atoms with Crippen molar-refractivity contribution < 1.29 is 17.6 Å². The highest BCUT2D eigenvalue weighted by molar-refractivity contribution is 7.98. The number of para-hydroxylation sites is 2. The van der Waals surface area contributed by atoms with Crippen LogP contribution in [0, 0.1) is 5.82 Å². The Morgan fingerprint density at radius 3 is 2.22 bits per heavy atom. The lowest BCUT2D eigenvalue weighted by Crippen LogP contribution is -2.40. The third-order valence-corrected chi connectivity index (χ3v) is 7.36. The van der Waals surface area contributed by atoms with Gasteiger partial charge in [-0.1, -0.05) is 36.4 Å². The largest absolute Gasteiger partial charge is 0.321 e. The molecule has 0 unspecified atom stereocenters. The van der Waals surface area contributed by atoms with Crippen LogP contribution >= 0.6 is 11.8 Å². The molecular weight excluding hydrogens is 449 g/mol. The van der Waals surface area contributed by atoms with Crippen molar-refractivity contribution in [2.75, 3.05) is 30.0 Å². The Labute approximate surface area is 192 Å². The fourth-order valence-electron chi connectivity index (χ4n) is 3.01. The van der Waals surface area contributed by atoms with Gasteiger partial charge in [0.15, 0.2) is 0 Å². The van der Waals surface area contributed by atoms with Crippen molar-refractivity contribution in [1.82, 2.24) is 4.31 Å². The predicted octanol–water partition coefficient (Wildman–Crippen LogP) is 4.61. The SMILES string of the molecule is CSc1ccccc1NC(=O)c1ccc(CN(c2ccccc2F)S(=O)(=O)N(C)C)cc1. The van der Waals surface area contributed by atoms with E-state index in [2.05, 4.69) is 5.32 Å². The fourth-order valence-corrected chi connectivity index (χ4v) is 4.67. The number of nitrogens with one attached hydrogen (secondary N) is 1. The summed E-state index contributed by atoms with van der Waals surface area (Å²) in [7, 11) is -1.16. The summed E-state index contributed by atoms with van der Waals surface area (Å²) < 4.78 is 42.1. The van der Waals surface area contributed by atoms with Crippen LogP contribution in [0.3, 0.4) is 0 Å². The van der Waals surface area contributed by atoms with Gasteiger partial charge in [0.2, 0.25) is 0 Å². The highest BCUT2D eigenvalue weighted by atomic mass is 32.2. The van der Waals surface area contributed by atoms with Gasteiger partial charge in [-0.2, -0.15) is 12.7 Å². The lowest BCUT2D eigenvalue weighted by molar-refractivity contribution is 0.102. The molecule has 0 aliphatic carbocycles. The monoisotopic (exact) mass is 473 g/mol. The van der Waals surface area contributed by atoms with Crippen molar-refractivity contribution in [3.63, 3.8) is 0 Å². The first-order valence-electron chi connectivity index (χ1n) is 9.72. The van der Waals surface area contributed by atoms with Crippen molar-refractivity contribution in [2.24, 2.45) is 0 Å². The van der Waals surface area contributed by atoms with Crippen molar-refractivity contribution in [3.8, 4) is 0 Å². The summed E-state index contributed by atoms with van der Waals surface area (Å²) in [5.74, 6) is -0.911. The molecule has 0 aromatic heterocycles. The van der Waals surface area contributed by atoms with E-state index in [1.165, 1.54) is 44.1 Å². The Balaban J connectivity index is 1.84. The summed E-state index contributed by atoms with van der Waals surface area (Å²) in [4.78, 5) is 13.6. The number of hydrogen-bond donors (Lipinski definition) is 1. The van der Waals surface area contributed by atoms with Gasteiger partial charge in [0.05, 0.1) is 17.9 Å². The maximum Gasteiger partial charge on any atom is 0.303 e. The molecule has 0 bridgehead atoms. The molecule has 1 amide bonds. The first-order valence-corrected chi connectivity index (χ1v) is 12.3. The van der Waals surface area contributed by atoms with E-state index in [4.69, 9.17) is 0 Å². The molecule has 9 heteroatoms. The summed E-state index contributed by atoms with van der Waals surface area (Å²) in [6.07, 6.45) is 1.93. The van der Waals surface area contributed by atoms with Crippen LogP contribution in [0.15, 0.2) is 77.7 Å². The van der Waals surface area contributed by atoms with Crippen molar-refractivity contribution >= 4 is 39.3 Å². The average molecular weight is 474 g/mol. The van der Waals surface area contributed by atoms with E-state index in [1.54, 1.807) is 30.3 Å². The van der Waals surface area contributed by atoms with Crippen LogP contribution in [0.2, 0.25) is 0 Å². The van der Waals surface area contributed by atoms with Crippen LogP contribution in [0.25, 0.3) is 0 Å². The van der Waals surface area contributed by atoms with Crippen molar-refractivity contribution in [3.05, 3.63) is 89.7 Å². The molecule has 1 N–H and O–H groups in total. The van der Waals surface area contributed by atoms with Gasteiger partial charge >= 0.3 is 10.2 Å². The molecule has 3 aromatic carbocycles. The molecule has 0 atom stereocenters. The zero-order chi connectivity index (χ0) is 23.3. The highest BCUT2D eigenvalue weighted by Gasteiger charge is 2.27. The molecule has 6 nitrogen and oxygen atoms in total. The number of benzene rings is 3. The van der Waals surface area contributed by atoms with Crippen molar-refractivity contribution in [1.29, 1.82) is 0 Å². The molecule has 3 rings (SSSR count). The number of amides is 1. The predicted molar refractivity (Wildman–Crippen MR) is 128 cm³/mol. The Morgan fingerprint density at radius 2 is 1.59 bits per heavy atom. The molecule has 168 valence electrons. The Hall–Kier alpha value is -2.88. The first kappa shape index (κ1) is 23.8. The topological polar surface area (TPSA) is 69.7 Å². The number of thioether (sulfide) groups is 1. The van der Waals surface area contributed by atoms with Crippen LogP contribution in [-0.2, 0) is 16.8 Å². The molecule has 32 heavy (non-hydrogen) atoms. The van der Waals surface area contributed by atoms with Gasteiger partial charge in [0.25, 0.3) is 5.91 Å². The standard InChI is InChI=1S/C23H24FN3O3S2/c1-26(2)32(29,30)27(21-10-6-4-8-19(21)24)16-17-12-14-18(15-13-17)23(28)25-20-9-5-7-11-22(20)31-3/h4-15H,16H2,1-3H3,(H,25,28). The third kappa shape index (κ3) is 5.29. The van der Waals surface area contributed by atoms with Crippen LogP contribution in [0.1, 0.15) is 15.9 Å². The normalized spacial score (nSPS) is 11.4. The lowest BCUT2D eigenvalue weighted by atomic mass is 10.1. The smallest absolute Gasteiger partial charge is 0.303 e. The minimum absolute atomic E-state index is 0.0447. The van der Waals surface area contributed by atoms with Gasteiger partial charge in [-0.15, -0.1) is 11.8 Å². The summed E-state index contributed by atoms with van der Waals surface area (Å²) in [5, 5.41) is 2.89. The molecule has 0 radical (unpaired) electrons. The molecule has 0 saturated carbocycles. The van der Waals surface area contributed by atoms with Crippen LogP contribution < -0.4 is 9.62 Å². The van der Waals surface area contributed by atoms with Crippen LogP contribution in [0.5, 0.6) is 0 Å². The molecule has 0 heterocycles. The zero-order valence-electron chi connectivity index (χ0n) is 17.9. The highest BCUT2D eigenvalue weighted by Crippen LogP contribution is 2.27. The molecule has 0 fully saturated rings. The van der Waals surface area contributed by atoms with E-state index < -0.39 is 16.0 Å². The van der Waals surface area contributed by atoms with Gasteiger partial charge in [-0.3, -0.25) is 9.10 Å². The zero-order valence-corrected chi connectivity index (χ0v) is 19.6. The minimum Gasteiger partial charge on any atom is -0.321 e.